The zero-order valence-electron chi connectivity index (χ0n) is 22.3. The van der Waals surface area contributed by atoms with Gasteiger partial charge in [0.15, 0.2) is 0 Å². The smallest absolute Gasteiger partial charge is 0.328 e. The normalized spacial score (nSPS) is 14.8. The Kier molecular flexibility index (Phi) is 5.14. The number of esters is 1. The van der Waals surface area contributed by atoms with Crippen molar-refractivity contribution in [2.45, 2.75) is 10.8 Å². The molecule has 2 heteroatoms. The van der Waals surface area contributed by atoms with Crippen molar-refractivity contribution in [3.63, 3.8) is 0 Å². The van der Waals surface area contributed by atoms with Crippen LogP contribution < -0.4 is 4.74 Å². The number of benzene rings is 6. The minimum absolute atomic E-state index is 0.295. The summed E-state index contributed by atoms with van der Waals surface area (Å²) in [7, 11) is 0. The number of para-hydroxylation sites is 1. The van der Waals surface area contributed by atoms with Crippen molar-refractivity contribution in [3.8, 4) is 28.0 Å². The van der Waals surface area contributed by atoms with Gasteiger partial charge in [-0.25, -0.2) is 0 Å². The fourth-order valence-corrected chi connectivity index (χ4v) is 7.54. The average molecular weight is 527 g/mol. The number of hydrogen-bond donors (Lipinski definition) is 0. The van der Waals surface area contributed by atoms with E-state index in [1.54, 1.807) is 0 Å². The lowest BCUT2D eigenvalue weighted by Crippen LogP contribution is -2.56. The van der Waals surface area contributed by atoms with Crippen LogP contribution in [-0.4, -0.2) is 5.97 Å². The Morgan fingerprint density at radius 3 is 1.27 bits per heavy atom. The van der Waals surface area contributed by atoms with E-state index in [1.165, 1.54) is 0 Å². The molecule has 0 bridgehead atoms. The molecule has 0 amide bonds. The molecule has 2 nitrogen and oxygen atoms in total. The molecule has 194 valence electrons. The predicted octanol–water partition coefficient (Wildman–Crippen LogP) is 8.57. The summed E-state index contributed by atoms with van der Waals surface area (Å²) >= 11 is 0. The molecule has 0 unspecified atom stereocenters. The molecule has 8 rings (SSSR count). The molecule has 0 heterocycles. The highest BCUT2D eigenvalue weighted by atomic mass is 16.5. The third-order valence-corrected chi connectivity index (χ3v) is 8.93. The van der Waals surface area contributed by atoms with Gasteiger partial charge < -0.3 is 4.74 Å². The second-order valence-electron chi connectivity index (χ2n) is 10.8. The molecule has 41 heavy (non-hydrogen) atoms. The third kappa shape index (κ3) is 2.99. The summed E-state index contributed by atoms with van der Waals surface area (Å²) in [5.74, 6) is 0.234. The van der Waals surface area contributed by atoms with Gasteiger partial charge in [0.2, 0.25) is 0 Å². The molecule has 0 aliphatic heterocycles. The summed E-state index contributed by atoms with van der Waals surface area (Å²) < 4.78 is 6.47. The molecule has 0 spiro atoms. The molecular formula is C39H26O2. The Morgan fingerprint density at radius 2 is 0.780 bits per heavy atom. The van der Waals surface area contributed by atoms with E-state index in [9.17, 15) is 0 Å². The summed E-state index contributed by atoms with van der Waals surface area (Å²) in [4.78, 5) is 15.4. The van der Waals surface area contributed by atoms with Crippen LogP contribution in [0.15, 0.2) is 158 Å². The second-order valence-corrected chi connectivity index (χ2v) is 10.8. The Balaban J connectivity index is 1.60. The van der Waals surface area contributed by atoms with Crippen molar-refractivity contribution in [3.05, 3.63) is 186 Å². The maximum atomic E-state index is 15.4. The lowest BCUT2D eigenvalue weighted by molar-refractivity contribution is -0.140. The minimum Gasteiger partial charge on any atom is -0.426 e. The van der Waals surface area contributed by atoms with Crippen molar-refractivity contribution in [2.24, 2.45) is 0 Å². The van der Waals surface area contributed by atoms with E-state index in [2.05, 4.69) is 109 Å². The molecular weight excluding hydrogens is 500 g/mol. The van der Waals surface area contributed by atoms with Crippen LogP contribution in [-0.2, 0) is 15.6 Å². The average Bonchev–Trinajstić information content (AvgIpc) is 3.51. The van der Waals surface area contributed by atoms with Crippen molar-refractivity contribution >= 4 is 5.97 Å². The first-order chi connectivity index (χ1) is 20.3. The summed E-state index contributed by atoms with van der Waals surface area (Å²) in [6, 6.07) is 53.8. The molecule has 0 saturated carbocycles. The van der Waals surface area contributed by atoms with Gasteiger partial charge >= 0.3 is 5.97 Å². The lowest BCUT2D eigenvalue weighted by atomic mass is 9.51. The SMILES string of the molecule is O=C(Oc1ccccc1)C1(C2(c3ccccc3)c3ccccc3-c3ccccc32)c2ccccc2-c2ccccc21. The van der Waals surface area contributed by atoms with E-state index in [1.807, 2.05) is 48.5 Å². The molecule has 2 aliphatic carbocycles. The quantitative estimate of drug-likeness (QED) is 0.170. The number of hydrogen-bond acceptors (Lipinski definition) is 2. The number of carbonyl (C=O) groups is 1. The molecule has 0 aromatic heterocycles. The van der Waals surface area contributed by atoms with E-state index in [0.717, 1.165) is 50.1 Å². The maximum absolute atomic E-state index is 15.4. The van der Waals surface area contributed by atoms with Crippen LogP contribution in [0.3, 0.4) is 0 Å². The van der Waals surface area contributed by atoms with Crippen molar-refractivity contribution in [1.29, 1.82) is 0 Å². The highest BCUT2D eigenvalue weighted by Gasteiger charge is 2.68. The lowest BCUT2D eigenvalue weighted by Gasteiger charge is -2.47. The first-order valence-electron chi connectivity index (χ1n) is 14.0. The van der Waals surface area contributed by atoms with Crippen LogP contribution >= 0.6 is 0 Å². The molecule has 0 N–H and O–H groups in total. The van der Waals surface area contributed by atoms with Crippen LogP contribution in [0, 0.1) is 0 Å². The maximum Gasteiger partial charge on any atom is 0.328 e. The fraction of sp³-hybridized carbons (Fsp3) is 0.0513. The minimum atomic E-state index is -1.22. The van der Waals surface area contributed by atoms with E-state index in [-0.39, 0.29) is 5.97 Å². The summed E-state index contributed by atoms with van der Waals surface area (Å²) in [6.07, 6.45) is 0. The van der Waals surface area contributed by atoms with Gasteiger partial charge in [0, 0.05) is 0 Å². The Labute approximate surface area is 239 Å². The predicted molar refractivity (Wildman–Crippen MR) is 163 cm³/mol. The molecule has 6 aromatic carbocycles. The Hall–Kier alpha value is -5.21. The molecule has 0 saturated heterocycles. The van der Waals surface area contributed by atoms with Gasteiger partial charge in [-0.3, -0.25) is 4.79 Å². The molecule has 0 atom stereocenters. The van der Waals surface area contributed by atoms with Gasteiger partial charge in [-0.1, -0.05) is 146 Å². The molecule has 0 radical (unpaired) electrons. The van der Waals surface area contributed by atoms with E-state index in [0.29, 0.717) is 5.75 Å². The number of ether oxygens (including phenoxy) is 1. The van der Waals surface area contributed by atoms with Gasteiger partial charge in [-0.05, 0) is 62.2 Å². The standard InChI is InChI=1S/C39H26O2/c40-37(41-28-17-5-2-6-18-28)39(35-25-13-9-21-31(35)32-22-10-14-26-36(32)39)38(27-15-3-1-4-16-27)33-23-11-7-19-29(33)30-20-8-12-24-34(30)38/h1-26H. The highest BCUT2D eigenvalue weighted by molar-refractivity contribution is 6.05. The molecule has 0 fully saturated rings. The topological polar surface area (TPSA) is 26.3 Å². The van der Waals surface area contributed by atoms with Gasteiger partial charge in [0.05, 0.1) is 5.41 Å². The van der Waals surface area contributed by atoms with Crippen molar-refractivity contribution in [1.82, 2.24) is 0 Å². The van der Waals surface area contributed by atoms with Crippen LogP contribution in [0.4, 0.5) is 0 Å². The monoisotopic (exact) mass is 526 g/mol. The van der Waals surface area contributed by atoms with Crippen LogP contribution in [0.25, 0.3) is 22.3 Å². The first kappa shape index (κ1) is 23.7. The number of carbonyl (C=O) groups excluding carboxylic acids is 1. The summed E-state index contributed by atoms with van der Waals surface area (Å²) in [6.45, 7) is 0. The van der Waals surface area contributed by atoms with E-state index >= 15 is 4.79 Å². The second kappa shape index (κ2) is 8.90. The number of rotatable bonds is 4. The van der Waals surface area contributed by atoms with Crippen LogP contribution in [0.1, 0.15) is 27.8 Å². The van der Waals surface area contributed by atoms with Crippen LogP contribution in [0.5, 0.6) is 5.75 Å². The van der Waals surface area contributed by atoms with Crippen molar-refractivity contribution < 1.29 is 9.53 Å². The van der Waals surface area contributed by atoms with Gasteiger partial charge in [0.25, 0.3) is 0 Å². The summed E-state index contributed by atoms with van der Waals surface area (Å²) in [5.41, 5.74) is 7.43. The van der Waals surface area contributed by atoms with Gasteiger partial charge in [-0.15, -0.1) is 0 Å². The Morgan fingerprint density at radius 1 is 0.415 bits per heavy atom. The van der Waals surface area contributed by atoms with Gasteiger partial charge in [0.1, 0.15) is 11.2 Å². The van der Waals surface area contributed by atoms with Crippen LogP contribution in [0.2, 0.25) is 0 Å². The molecule has 6 aromatic rings. The number of fused-ring (bicyclic) bond motifs is 6. The van der Waals surface area contributed by atoms with E-state index in [4.69, 9.17) is 4.74 Å². The van der Waals surface area contributed by atoms with E-state index < -0.39 is 10.8 Å². The largest absolute Gasteiger partial charge is 0.426 e. The van der Waals surface area contributed by atoms with Crippen molar-refractivity contribution in [2.75, 3.05) is 0 Å². The highest BCUT2D eigenvalue weighted by Crippen LogP contribution is 2.67. The zero-order valence-corrected chi connectivity index (χ0v) is 22.3. The fourth-order valence-electron chi connectivity index (χ4n) is 7.54. The Bertz CT molecular complexity index is 1850. The van der Waals surface area contributed by atoms with Gasteiger partial charge in [-0.2, -0.15) is 0 Å². The third-order valence-electron chi connectivity index (χ3n) is 8.93. The first-order valence-corrected chi connectivity index (χ1v) is 14.0. The molecule has 2 aliphatic rings. The summed E-state index contributed by atoms with van der Waals surface area (Å²) in [5, 5.41) is 0. The zero-order chi connectivity index (χ0) is 27.4.